The predicted octanol–water partition coefficient (Wildman–Crippen LogP) is 3.36. The van der Waals surface area contributed by atoms with Crippen molar-refractivity contribution < 1.29 is 0 Å². The van der Waals surface area contributed by atoms with Crippen molar-refractivity contribution in [2.75, 3.05) is 0 Å². The van der Waals surface area contributed by atoms with E-state index in [2.05, 4.69) is 32.4 Å². The Kier molecular flexibility index (Phi) is 3.11. The van der Waals surface area contributed by atoms with E-state index < -0.39 is 0 Å². The van der Waals surface area contributed by atoms with Crippen LogP contribution in [-0.2, 0) is 0 Å². The van der Waals surface area contributed by atoms with Gasteiger partial charge in [0.1, 0.15) is 0 Å². The van der Waals surface area contributed by atoms with Crippen molar-refractivity contribution in [2.24, 2.45) is 0 Å². The molecule has 12 heavy (non-hydrogen) atoms. The lowest BCUT2D eigenvalue weighted by Crippen LogP contribution is -2.48. The van der Waals surface area contributed by atoms with Crippen LogP contribution in [0.5, 0.6) is 0 Å². The molecule has 0 aromatic heterocycles. The van der Waals surface area contributed by atoms with Crippen molar-refractivity contribution in [3.05, 3.63) is 0 Å². The summed E-state index contributed by atoms with van der Waals surface area (Å²) < 4.78 is 3.98. The third-order valence-corrected chi connectivity index (χ3v) is 3.71. The maximum Gasteiger partial charge on any atom is 0.0280 e. The molecule has 0 aromatic rings. The van der Waals surface area contributed by atoms with Crippen molar-refractivity contribution in [1.82, 2.24) is 4.72 Å². The molecule has 0 radical (unpaired) electrons. The largest absolute Gasteiger partial charge is 0.258 e. The first-order valence-electron chi connectivity index (χ1n) is 4.93. The van der Waals surface area contributed by atoms with Gasteiger partial charge in [-0.15, -0.1) is 0 Å². The lowest BCUT2D eigenvalue weighted by molar-refractivity contribution is 0.219. The second-order valence-electron chi connectivity index (χ2n) is 4.80. The highest BCUT2D eigenvalue weighted by molar-refractivity contribution is 7.98. The van der Waals surface area contributed by atoms with Crippen LogP contribution in [0.15, 0.2) is 0 Å². The van der Waals surface area contributed by atoms with Gasteiger partial charge in [-0.2, -0.15) is 0 Å². The van der Waals surface area contributed by atoms with E-state index in [0.29, 0.717) is 10.3 Å². The van der Waals surface area contributed by atoms with Gasteiger partial charge in [0, 0.05) is 10.3 Å². The van der Waals surface area contributed by atoms with Crippen LogP contribution in [0.25, 0.3) is 0 Å². The highest BCUT2D eigenvalue weighted by Crippen LogP contribution is 2.38. The summed E-state index contributed by atoms with van der Waals surface area (Å²) in [7, 11) is 0. The van der Waals surface area contributed by atoms with Crippen LogP contribution in [0.4, 0.5) is 0 Å². The smallest absolute Gasteiger partial charge is 0.0280 e. The van der Waals surface area contributed by atoms with Gasteiger partial charge in [-0.05, 0) is 46.5 Å². The van der Waals surface area contributed by atoms with Crippen molar-refractivity contribution in [3.63, 3.8) is 0 Å². The summed E-state index contributed by atoms with van der Waals surface area (Å²) in [5, 5.41) is 0. The number of hydrogen-bond acceptors (Lipinski definition) is 2. The Morgan fingerprint density at radius 2 is 1.92 bits per heavy atom. The maximum atomic E-state index is 3.64. The maximum absolute atomic E-state index is 3.64. The van der Waals surface area contributed by atoms with Crippen molar-refractivity contribution in [1.29, 1.82) is 0 Å². The summed E-state index contributed by atoms with van der Waals surface area (Å²) in [6.45, 7) is 9.06. The second kappa shape index (κ2) is 3.59. The molecule has 1 aliphatic carbocycles. The Labute approximate surface area is 80.8 Å². The minimum Gasteiger partial charge on any atom is -0.258 e. The second-order valence-corrected chi connectivity index (χ2v) is 6.44. The van der Waals surface area contributed by atoms with E-state index in [1.54, 1.807) is 0 Å². The minimum absolute atomic E-state index is 0.345. The molecule has 0 amide bonds. The molecule has 0 aliphatic heterocycles. The number of rotatable bonds is 3. The zero-order valence-electron chi connectivity index (χ0n) is 8.74. The van der Waals surface area contributed by atoms with Crippen LogP contribution in [0.3, 0.4) is 0 Å². The van der Waals surface area contributed by atoms with E-state index in [0.717, 1.165) is 0 Å². The molecule has 1 saturated carbocycles. The Morgan fingerprint density at radius 3 is 2.17 bits per heavy atom. The van der Waals surface area contributed by atoms with E-state index in [1.807, 2.05) is 11.9 Å². The van der Waals surface area contributed by atoms with Crippen LogP contribution in [0.1, 0.15) is 53.4 Å². The highest BCUT2D eigenvalue weighted by Gasteiger charge is 2.35. The SMILES string of the molecule is CCC1(NSC(C)(C)C)CCC1. The summed E-state index contributed by atoms with van der Waals surface area (Å²) in [5.74, 6) is 0. The van der Waals surface area contributed by atoms with Crippen LogP contribution >= 0.6 is 11.9 Å². The van der Waals surface area contributed by atoms with Gasteiger partial charge >= 0.3 is 0 Å². The van der Waals surface area contributed by atoms with E-state index in [-0.39, 0.29) is 0 Å². The van der Waals surface area contributed by atoms with Crippen LogP contribution in [0, 0.1) is 0 Å². The fourth-order valence-corrected chi connectivity index (χ4v) is 2.26. The van der Waals surface area contributed by atoms with Gasteiger partial charge in [-0.1, -0.05) is 18.9 Å². The van der Waals surface area contributed by atoms with E-state index >= 15 is 0 Å². The van der Waals surface area contributed by atoms with Gasteiger partial charge in [0.05, 0.1) is 0 Å². The summed E-state index contributed by atoms with van der Waals surface area (Å²) in [4.78, 5) is 0. The zero-order chi connectivity index (χ0) is 9.24. The minimum atomic E-state index is 0.345. The average Bonchev–Trinajstić information content (AvgIpc) is 1.84. The van der Waals surface area contributed by atoms with Crippen molar-refractivity contribution >= 4 is 11.9 Å². The van der Waals surface area contributed by atoms with Crippen LogP contribution < -0.4 is 4.72 Å². The highest BCUT2D eigenvalue weighted by atomic mass is 32.2. The Balaban J connectivity index is 2.30. The van der Waals surface area contributed by atoms with Gasteiger partial charge in [0.25, 0.3) is 0 Å². The normalized spacial score (nSPS) is 22.0. The number of hydrogen-bond donors (Lipinski definition) is 1. The molecule has 0 spiro atoms. The first-order valence-corrected chi connectivity index (χ1v) is 5.74. The third-order valence-electron chi connectivity index (χ3n) is 2.56. The number of nitrogens with one attached hydrogen (secondary N) is 1. The fraction of sp³-hybridized carbons (Fsp3) is 1.00. The van der Waals surface area contributed by atoms with Gasteiger partial charge in [-0.25, -0.2) is 0 Å². The third kappa shape index (κ3) is 2.67. The summed E-state index contributed by atoms with van der Waals surface area (Å²) >= 11 is 1.89. The van der Waals surface area contributed by atoms with Gasteiger partial charge in [0.15, 0.2) is 0 Å². The lowest BCUT2D eigenvalue weighted by Gasteiger charge is -2.43. The monoisotopic (exact) mass is 187 g/mol. The van der Waals surface area contributed by atoms with Gasteiger partial charge < -0.3 is 0 Å². The molecule has 1 nitrogen and oxygen atoms in total. The summed E-state index contributed by atoms with van der Waals surface area (Å²) in [6, 6.07) is 0. The lowest BCUT2D eigenvalue weighted by atomic mass is 9.76. The van der Waals surface area contributed by atoms with E-state index in [4.69, 9.17) is 0 Å². The predicted molar refractivity (Wildman–Crippen MR) is 57.4 cm³/mol. The first kappa shape index (κ1) is 10.4. The molecule has 0 unspecified atom stereocenters. The Hall–Kier alpha value is 0.310. The van der Waals surface area contributed by atoms with Crippen molar-refractivity contribution in [3.8, 4) is 0 Å². The topological polar surface area (TPSA) is 12.0 Å². The molecule has 1 N–H and O–H groups in total. The molecule has 0 saturated heterocycles. The van der Waals surface area contributed by atoms with E-state index in [1.165, 1.54) is 25.7 Å². The molecule has 0 heterocycles. The van der Waals surface area contributed by atoms with Gasteiger partial charge in [0.2, 0.25) is 0 Å². The van der Waals surface area contributed by atoms with E-state index in [9.17, 15) is 0 Å². The molecule has 1 aliphatic rings. The summed E-state index contributed by atoms with van der Waals surface area (Å²) in [6.07, 6.45) is 5.42. The van der Waals surface area contributed by atoms with Crippen LogP contribution in [-0.4, -0.2) is 10.3 Å². The molecule has 1 rings (SSSR count). The molecule has 0 bridgehead atoms. The summed E-state index contributed by atoms with van der Waals surface area (Å²) in [5.41, 5.74) is 0.484. The molecular weight excluding hydrogens is 166 g/mol. The van der Waals surface area contributed by atoms with Crippen LogP contribution in [0.2, 0.25) is 0 Å². The van der Waals surface area contributed by atoms with Gasteiger partial charge in [-0.3, -0.25) is 4.72 Å². The Bertz CT molecular complexity index is 139. The molecule has 0 atom stereocenters. The Morgan fingerprint density at radius 1 is 1.33 bits per heavy atom. The standard InChI is InChI=1S/C10H21NS/c1-5-10(7-6-8-10)11-12-9(2,3)4/h11H,5-8H2,1-4H3. The fourth-order valence-electron chi connectivity index (χ4n) is 1.39. The zero-order valence-corrected chi connectivity index (χ0v) is 9.55. The molecule has 0 aromatic carbocycles. The quantitative estimate of drug-likeness (QED) is 0.680. The molecule has 2 heteroatoms. The molecule has 72 valence electrons. The molecule has 1 fully saturated rings. The average molecular weight is 187 g/mol. The van der Waals surface area contributed by atoms with Crippen molar-refractivity contribution in [2.45, 2.75) is 63.7 Å². The molecular formula is C10H21NS. The first-order chi connectivity index (χ1) is 5.47.